The Morgan fingerprint density at radius 1 is 1.00 bits per heavy atom. The quantitative estimate of drug-likeness (QED) is 0.864. The van der Waals surface area contributed by atoms with Crippen LogP contribution in [0.15, 0.2) is 54.6 Å². The molecule has 1 aliphatic rings. The van der Waals surface area contributed by atoms with Crippen LogP contribution in [0.2, 0.25) is 5.02 Å². The molecule has 0 bridgehead atoms. The molecule has 23 heavy (non-hydrogen) atoms. The van der Waals surface area contributed by atoms with Crippen molar-refractivity contribution in [3.63, 3.8) is 0 Å². The van der Waals surface area contributed by atoms with E-state index in [-0.39, 0.29) is 5.91 Å². The summed E-state index contributed by atoms with van der Waals surface area (Å²) in [6, 6.07) is 18.5. The summed E-state index contributed by atoms with van der Waals surface area (Å²) < 4.78 is 0. The van der Waals surface area contributed by atoms with Crippen LogP contribution < -0.4 is 5.32 Å². The molecule has 0 atom stereocenters. The topological polar surface area (TPSA) is 29.1 Å². The van der Waals surface area contributed by atoms with E-state index in [9.17, 15) is 4.79 Å². The van der Waals surface area contributed by atoms with Gasteiger partial charge >= 0.3 is 0 Å². The van der Waals surface area contributed by atoms with Crippen LogP contribution in [0.1, 0.15) is 42.7 Å². The van der Waals surface area contributed by atoms with Gasteiger partial charge in [-0.3, -0.25) is 4.79 Å². The molecule has 2 nitrogen and oxygen atoms in total. The van der Waals surface area contributed by atoms with Crippen molar-refractivity contribution < 1.29 is 4.79 Å². The lowest BCUT2D eigenvalue weighted by Gasteiger charge is -2.29. The highest BCUT2D eigenvalue weighted by Gasteiger charge is 2.23. The Kier molecular flexibility index (Phi) is 5.35. The molecule has 3 rings (SSSR count). The lowest BCUT2D eigenvalue weighted by Crippen LogP contribution is -2.38. The summed E-state index contributed by atoms with van der Waals surface area (Å²) in [7, 11) is 0. The van der Waals surface area contributed by atoms with E-state index in [0.29, 0.717) is 23.4 Å². The standard InChI is InChI=1S/C20H22ClNO/c21-18-8-4-5-15(13-18)14-20(23)22-19-11-9-17(10-12-19)16-6-2-1-3-7-16/h1-8,13,17,19H,9-12,14H2,(H,22,23). The Morgan fingerprint density at radius 3 is 2.43 bits per heavy atom. The molecular weight excluding hydrogens is 306 g/mol. The smallest absolute Gasteiger partial charge is 0.224 e. The first-order valence-corrected chi connectivity index (χ1v) is 8.67. The highest BCUT2D eigenvalue weighted by molar-refractivity contribution is 6.30. The van der Waals surface area contributed by atoms with E-state index in [2.05, 4.69) is 35.6 Å². The Bertz CT molecular complexity index is 648. The summed E-state index contributed by atoms with van der Waals surface area (Å²) in [4.78, 5) is 12.2. The van der Waals surface area contributed by atoms with Gasteiger partial charge in [-0.15, -0.1) is 0 Å². The van der Waals surface area contributed by atoms with Crippen LogP contribution in [-0.4, -0.2) is 11.9 Å². The molecule has 0 spiro atoms. The first kappa shape index (κ1) is 16.1. The molecule has 1 amide bonds. The van der Waals surface area contributed by atoms with Crippen LogP contribution in [-0.2, 0) is 11.2 Å². The maximum Gasteiger partial charge on any atom is 0.224 e. The lowest BCUT2D eigenvalue weighted by atomic mass is 9.82. The fraction of sp³-hybridized carbons (Fsp3) is 0.350. The van der Waals surface area contributed by atoms with Gasteiger partial charge in [0, 0.05) is 11.1 Å². The predicted molar refractivity (Wildman–Crippen MR) is 94.7 cm³/mol. The molecule has 1 saturated carbocycles. The van der Waals surface area contributed by atoms with Gasteiger partial charge in [-0.05, 0) is 54.9 Å². The molecule has 2 aromatic carbocycles. The molecule has 1 N–H and O–H groups in total. The van der Waals surface area contributed by atoms with Crippen molar-refractivity contribution in [2.75, 3.05) is 0 Å². The maximum atomic E-state index is 12.2. The zero-order chi connectivity index (χ0) is 16.1. The molecule has 3 heteroatoms. The normalized spacial score (nSPS) is 20.9. The van der Waals surface area contributed by atoms with Gasteiger partial charge in [-0.1, -0.05) is 54.1 Å². The molecule has 0 unspecified atom stereocenters. The van der Waals surface area contributed by atoms with Crippen molar-refractivity contribution in [3.05, 3.63) is 70.7 Å². The molecule has 0 radical (unpaired) electrons. The van der Waals surface area contributed by atoms with Crippen LogP contribution in [0.25, 0.3) is 0 Å². The van der Waals surface area contributed by atoms with Gasteiger partial charge in [0.05, 0.1) is 6.42 Å². The van der Waals surface area contributed by atoms with Gasteiger partial charge in [-0.25, -0.2) is 0 Å². The monoisotopic (exact) mass is 327 g/mol. The van der Waals surface area contributed by atoms with Crippen molar-refractivity contribution in [2.45, 2.75) is 44.1 Å². The molecular formula is C20H22ClNO. The predicted octanol–water partition coefficient (Wildman–Crippen LogP) is 4.73. The Morgan fingerprint density at radius 2 is 1.74 bits per heavy atom. The van der Waals surface area contributed by atoms with E-state index in [1.807, 2.05) is 24.3 Å². The van der Waals surface area contributed by atoms with Crippen molar-refractivity contribution in [2.24, 2.45) is 0 Å². The van der Waals surface area contributed by atoms with Crippen molar-refractivity contribution in [3.8, 4) is 0 Å². The number of benzene rings is 2. The third-order valence-corrected chi connectivity index (χ3v) is 4.85. The van der Waals surface area contributed by atoms with E-state index >= 15 is 0 Å². The van der Waals surface area contributed by atoms with Crippen molar-refractivity contribution >= 4 is 17.5 Å². The molecule has 2 aromatic rings. The summed E-state index contributed by atoms with van der Waals surface area (Å²) in [5.41, 5.74) is 2.39. The third kappa shape index (κ3) is 4.59. The minimum Gasteiger partial charge on any atom is -0.353 e. The summed E-state index contributed by atoms with van der Waals surface area (Å²) in [5.74, 6) is 0.729. The highest BCUT2D eigenvalue weighted by Crippen LogP contribution is 2.32. The number of rotatable bonds is 4. The maximum absolute atomic E-state index is 12.2. The van der Waals surface area contributed by atoms with Gasteiger partial charge in [0.1, 0.15) is 0 Å². The largest absolute Gasteiger partial charge is 0.353 e. The summed E-state index contributed by atoms with van der Waals surface area (Å²) in [6.07, 6.45) is 4.80. The number of hydrogen-bond donors (Lipinski definition) is 1. The summed E-state index contributed by atoms with van der Waals surface area (Å²) in [6.45, 7) is 0. The fourth-order valence-corrected chi connectivity index (χ4v) is 3.62. The van der Waals surface area contributed by atoms with Gasteiger partial charge in [0.15, 0.2) is 0 Å². The molecule has 0 aliphatic heterocycles. The van der Waals surface area contributed by atoms with Crippen molar-refractivity contribution in [1.29, 1.82) is 0 Å². The highest BCUT2D eigenvalue weighted by atomic mass is 35.5. The van der Waals surface area contributed by atoms with Crippen LogP contribution in [0, 0.1) is 0 Å². The second-order valence-corrected chi connectivity index (χ2v) is 6.77. The Balaban J connectivity index is 1.48. The number of nitrogens with one attached hydrogen (secondary N) is 1. The molecule has 1 fully saturated rings. The second kappa shape index (κ2) is 7.65. The van der Waals surface area contributed by atoms with E-state index < -0.39 is 0 Å². The first-order valence-electron chi connectivity index (χ1n) is 8.29. The zero-order valence-corrected chi connectivity index (χ0v) is 13.9. The summed E-state index contributed by atoms with van der Waals surface area (Å²) in [5, 5.41) is 3.86. The minimum absolute atomic E-state index is 0.0930. The van der Waals surface area contributed by atoms with Gasteiger partial charge in [-0.2, -0.15) is 0 Å². The van der Waals surface area contributed by atoms with Gasteiger partial charge in [0.2, 0.25) is 5.91 Å². The number of halogens is 1. The third-order valence-electron chi connectivity index (χ3n) is 4.62. The number of carbonyl (C=O) groups is 1. The number of carbonyl (C=O) groups excluding carboxylic acids is 1. The van der Waals surface area contributed by atoms with Gasteiger partial charge < -0.3 is 5.32 Å². The minimum atomic E-state index is 0.0930. The fourth-order valence-electron chi connectivity index (χ4n) is 3.41. The summed E-state index contributed by atoms with van der Waals surface area (Å²) >= 11 is 5.96. The van der Waals surface area contributed by atoms with Crippen LogP contribution >= 0.6 is 11.6 Å². The average Bonchev–Trinajstić information content (AvgIpc) is 2.56. The zero-order valence-electron chi connectivity index (χ0n) is 13.2. The Hall–Kier alpha value is -1.80. The number of hydrogen-bond acceptors (Lipinski definition) is 1. The van der Waals surface area contributed by atoms with E-state index in [1.165, 1.54) is 5.56 Å². The lowest BCUT2D eigenvalue weighted by molar-refractivity contribution is -0.121. The van der Waals surface area contributed by atoms with Crippen LogP contribution in [0.4, 0.5) is 0 Å². The van der Waals surface area contributed by atoms with E-state index in [4.69, 9.17) is 11.6 Å². The first-order chi connectivity index (χ1) is 11.2. The molecule has 0 saturated heterocycles. The average molecular weight is 328 g/mol. The van der Waals surface area contributed by atoms with Crippen LogP contribution in [0.3, 0.4) is 0 Å². The van der Waals surface area contributed by atoms with Crippen molar-refractivity contribution in [1.82, 2.24) is 5.32 Å². The molecule has 0 heterocycles. The second-order valence-electron chi connectivity index (χ2n) is 6.33. The van der Waals surface area contributed by atoms with Gasteiger partial charge in [0.25, 0.3) is 0 Å². The van der Waals surface area contributed by atoms with E-state index in [0.717, 1.165) is 31.2 Å². The SMILES string of the molecule is O=C(Cc1cccc(Cl)c1)NC1CCC(c2ccccc2)CC1. The van der Waals surface area contributed by atoms with E-state index in [1.54, 1.807) is 0 Å². The van der Waals surface area contributed by atoms with Crippen LogP contribution in [0.5, 0.6) is 0 Å². The molecule has 0 aromatic heterocycles. The number of amides is 1. The Labute approximate surface area is 142 Å². The molecule has 120 valence electrons. The molecule has 1 aliphatic carbocycles.